The van der Waals surface area contributed by atoms with Crippen molar-refractivity contribution in [3.63, 3.8) is 0 Å². The van der Waals surface area contributed by atoms with Crippen LogP contribution in [0.5, 0.6) is 0 Å². The van der Waals surface area contributed by atoms with Crippen LogP contribution in [-0.4, -0.2) is 42.5 Å². The van der Waals surface area contributed by atoms with E-state index in [1.165, 1.54) is 51.0 Å². The zero-order valence-corrected chi connectivity index (χ0v) is 12.6. The average molecular weight is 240 g/mol. The Labute approximate surface area is 109 Å². The fraction of sp³-hybridized carbons (Fsp3) is 0.867. The standard InChI is InChI=1S/C13H26N2.C2H6/c1-5-6-9-14(4)13-7-10-15(11-8-13)12(2)3;1-2/h13H,2,5-11H2,1,3-4H3;1-2H3. The molecule has 1 heterocycles. The molecule has 0 aromatic rings. The van der Waals surface area contributed by atoms with Crippen molar-refractivity contribution < 1.29 is 0 Å². The van der Waals surface area contributed by atoms with E-state index in [4.69, 9.17) is 0 Å². The third-order valence-corrected chi connectivity index (χ3v) is 3.49. The first-order valence-corrected chi connectivity index (χ1v) is 7.25. The molecule has 2 nitrogen and oxygen atoms in total. The van der Waals surface area contributed by atoms with Crippen LogP contribution in [0.3, 0.4) is 0 Å². The summed E-state index contributed by atoms with van der Waals surface area (Å²) >= 11 is 0. The lowest BCUT2D eigenvalue weighted by molar-refractivity contribution is 0.147. The number of likely N-dealkylation sites (tertiary alicyclic amines) is 1. The molecular weight excluding hydrogens is 208 g/mol. The molecule has 17 heavy (non-hydrogen) atoms. The predicted octanol–water partition coefficient (Wildman–Crippen LogP) is 3.74. The van der Waals surface area contributed by atoms with E-state index in [1.807, 2.05) is 13.8 Å². The third-order valence-electron chi connectivity index (χ3n) is 3.49. The molecule has 1 aliphatic rings. The molecule has 1 rings (SSSR count). The van der Waals surface area contributed by atoms with Crippen LogP contribution in [0.1, 0.15) is 53.4 Å². The molecule has 0 bridgehead atoms. The molecule has 0 aromatic carbocycles. The molecule has 1 fully saturated rings. The van der Waals surface area contributed by atoms with Gasteiger partial charge in [0, 0.05) is 24.8 Å². The maximum absolute atomic E-state index is 4.01. The molecule has 0 atom stereocenters. The Morgan fingerprint density at radius 1 is 1.29 bits per heavy atom. The van der Waals surface area contributed by atoms with Crippen molar-refractivity contribution in [1.82, 2.24) is 9.80 Å². The van der Waals surface area contributed by atoms with Gasteiger partial charge in [0.15, 0.2) is 0 Å². The largest absolute Gasteiger partial charge is 0.375 e. The topological polar surface area (TPSA) is 6.48 Å². The molecule has 0 aliphatic carbocycles. The van der Waals surface area contributed by atoms with E-state index in [2.05, 4.69) is 37.3 Å². The number of hydrogen-bond donors (Lipinski definition) is 0. The molecule has 0 N–H and O–H groups in total. The molecule has 0 unspecified atom stereocenters. The molecule has 2 heteroatoms. The van der Waals surface area contributed by atoms with Crippen molar-refractivity contribution >= 4 is 0 Å². The quantitative estimate of drug-likeness (QED) is 0.722. The first-order valence-electron chi connectivity index (χ1n) is 7.25. The molecule has 0 aromatic heterocycles. The highest BCUT2D eigenvalue weighted by molar-refractivity contribution is 4.92. The van der Waals surface area contributed by atoms with Gasteiger partial charge in [-0.2, -0.15) is 0 Å². The van der Waals surface area contributed by atoms with E-state index in [0.717, 1.165) is 6.04 Å². The molecular formula is C15H32N2. The molecule has 0 saturated carbocycles. The number of piperidine rings is 1. The summed E-state index contributed by atoms with van der Waals surface area (Å²) in [6.07, 6.45) is 5.23. The fourth-order valence-corrected chi connectivity index (χ4v) is 2.28. The summed E-state index contributed by atoms with van der Waals surface area (Å²) in [5.74, 6) is 0. The van der Waals surface area contributed by atoms with Crippen molar-refractivity contribution in [1.29, 1.82) is 0 Å². The molecule has 0 radical (unpaired) electrons. The van der Waals surface area contributed by atoms with Crippen LogP contribution in [0, 0.1) is 0 Å². The normalized spacial score (nSPS) is 16.7. The summed E-state index contributed by atoms with van der Waals surface area (Å²) in [7, 11) is 2.27. The van der Waals surface area contributed by atoms with Crippen molar-refractivity contribution in [2.75, 3.05) is 26.7 Å². The highest BCUT2D eigenvalue weighted by Crippen LogP contribution is 2.18. The minimum Gasteiger partial charge on any atom is -0.375 e. The maximum Gasteiger partial charge on any atom is 0.0189 e. The zero-order valence-electron chi connectivity index (χ0n) is 12.6. The fourth-order valence-electron chi connectivity index (χ4n) is 2.28. The maximum atomic E-state index is 4.01. The van der Waals surface area contributed by atoms with Gasteiger partial charge in [0.2, 0.25) is 0 Å². The van der Waals surface area contributed by atoms with Crippen molar-refractivity contribution in [3.8, 4) is 0 Å². The number of rotatable bonds is 5. The Balaban J connectivity index is 0.00000121. The van der Waals surface area contributed by atoms with Gasteiger partial charge >= 0.3 is 0 Å². The summed E-state index contributed by atoms with van der Waals surface area (Å²) in [6.45, 7) is 16.0. The van der Waals surface area contributed by atoms with Crippen molar-refractivity contribution in [2.24, 2.45) is 0 Å². The van der Waals surface area contributed by atoms with E-state index < -0.39 is 0 Å². The number of hydrogen-bond acceptors (Lipinski definition) is 2. The summed E-state index contributed by atoms with van der Waals surface area (Å²) in [5.41, 5.74) is 1.23. The van der Waals surface area contributed by atoms with Crippen LogP contribution in [0.4, 0.5) is 0 Å². The smallest absolute Gasteiger partial charge is 0.0189 e. The lowest BCUT2D eigenvalue weighted by Crippen LogP contribution is -2.42. The van der Waals surface area contributed by atoms with E-state index >= 15 is 0 Å². The Kier molecular flexibility index (Phi) is 9.24. The van der Waals surface area contributed by atoms with E-state index in [1.54, 1.807) is 0 Å². The van der Waals surface area contributed by atoms with Crippen LogP contribution >= 0.6 is 0 Å². The van der Waals surface area contributed by atoms with E-state index in [0.29, 0.717) is 0 Å². The number of nitrogens with zero attached hydrogens (tertiary/aromatic N) is 2. The Hall–Kier alpha value is -0.500. The Bertz CT molecular complexity index is 193. The second kappa shape index (κ2) is 9.52. The van der Waals surface area contributed by atoms with Gasteiger partial charge in [0.1, 0.15) is 0 Å². The van der Waals surface area contributed by atoms with Crippen molar-refractivity contribution in [3.05, 3.63) is 12.3 Å². The highest BCUT2D eigenvalue weighted by Gasteiger charge is 2.21. The van der Waals surface area contributed by atoms with Crippen LogP contribution in [0.15, 0.2) is 12.3 Å². The second-order valence-electron chi connectivity index (χ2n) is 4.79. The molecule has 102 valence electrons. The average Bonchev–Trinajstić information content (AvgIpc) is 2.38. The van der Waals surface area contributed by atoms with Gasteiger partial charge in [0.25, 0.3) is 0 Å². The number of allylic oxidation sites excluding steroid dienone is 1. The minimum atomic E-state index is 0.798. The lowest BCUT2D eigenvalue weighted by Gasteiger charge is -2.38. The second-order valence-corrected chi connectivity index (χ2v) is 4.79. The van der Waals surface area contributed by atoms with Crippen LogP contribution < -0.4 is 0 Å². The highest BCUT2D eigenvalue weighted by atomic mass is 15.2. The summed E-state index contributed by atoms with van der Waals surface area (Å²) in [5, 5.41) is 0. The van der Waals surface area contributed by atoms with Gasteiger partial charge in [0.05, 0.1) is 0 Å². The third kappa shape index (κ3) is 6.11. The van der Waals surface area contributed by atoms with Gasteiger partial charge in [-0.1, -0.05) is 33.8 Å². The van der Waals surface area contributed by atoms with Crippen LogP contribution in [0.2, 0.25) is 0 Å². The Morgan fingerprint density at radius 2 is 1.82 bits per heavy atom. The monoisotopic (exact) mass is 240 g/mol. The van der Waals surface area contributed by atoms with E-state index in [-0.39, 0.29) is 0 Å². The molecule has 0 amide bonds. The molecule has 1 saturated heterocycles. The molecule has 0 spiro atoms. The van der Waals surface area contributed by atoms with Gasteiger partial charge in [-0.25, -0.2) is 0 Å². The lowest BCUT2D eigenvalue weighted by atomic mass is 10.0. The zero-order chi connectivity index (χ0) is 13.3. The van der Waals surface area contributed by atoms with Crippen LogP contribution in [-0.2, 0) is 0 Å². The number of unbranched alkanes of at least 4 members (excludes halogenated alkanes) is 1. The van der Waals surface area contributed by atoms with E-state index in [9.17, 15) is 0 Å². The Morgan fingerprint density at radius 3 is 2.24 bits per heavy atom. The van der Waals surface area contributed by atoms with Gasteiger partial charge in [-0.15, -0.1) is 0 Å². The van der Waals surface area contributed by atoms with Gasteiger partial charge in [-0.05, 0) is 39.8 Å². The predicted molar refractivity (Wildman–Crippen MR) is 78.3 cm³/mol. The SMILES string of the molecule is C=C(C)N1CCC(N(C)CCCC)CC1.CC. The summed E-state index contributed by atoms with van der Waals surface area (Å²) < 4.78 is 0. The van der Waals surface area contributed by atoms with Gasteiger partial charge in [-0.3, -0.25) is 0 Å². The minimum absolute atomic E-state index is 0.798. The van der Waals surface area contributed by atoms with Crippen LogP contribution in [0.25, 0.3) is 0 Å². The molecule has 1 aliphatic heterocycles. The first-order chi connectivity index (χ1) is 8.15. The van der Waals surface area contributed by atoms with Crippen molar-refractivity contribution in [2.45, 2.75) is 59.4 Å². The van der Waals surface area contributed by atoms with Gasteiger partial charge < -0.3 is 9.80 Å². The summed E-state index contributed by atoms with van der Waals surface area (Å²) in [6, 6.07) is 0.798. The summed E-state index contributed by atoms with van der Waals surface area (Å²) in [4.78, 5) is 4.95. The first kappa shape index (κ1) is 16.5.